The van der Waals surface area contributed by atoms with Crippen LogP contribution in [0.1, 0.15) is 0 Å². The highest BCUT2D eigenvalue weighted by Crippen LogP contribution is 2.30. The van der Waals surface area contributed by atoms with E-state index in [1.807, 2.05) is 66.7 Å². The third kappa shape index (κ3) is 3.96. The first kappa shape index (κ1) is 20.0. The Labute approximate surface area is 198 Å². The average molecular weight is 436 g/mol. The predicted octanol–water partition coefficient (Wildman–Crippen LogP) is 7.69. The summed E-state index contributed by atoms with van der Waals surface area (Å²) < 4.78 is 0. The number of aromatic nitrogens is 3. The molecule has 34 heavy (non-hydrogen) atoms. The summed E-state index contributed by atoms with van der Waals surface area (Å²) in [4.78, 5) is 14.7. The summed E-state index contributed by atoms with van der Waals surface area (Å²) in [6, 6.07) is 43.2. The molecule has 0 bridgehead atoms. The van der Waals surface area contributed by atoms with Gasteiger partial charge in [-0.05, 0) is 24.3 Å². The normalized spacial score (nSPS) is 10.9. The Kier molecular flexibility index (Phi) is 5.13. The molecule has 6 aromatic rings. The highest BCUT2D eigenvalue weighted by molar-refractivity contribution is 5.82. The number of hydrogen-bond donors (Lipinski definition) is 0. The van der Waals surface area contributed by atoms with Gasteiger partial charge in [-0.3, -0.25) is 0 Å². The molecule has 0 aliphatic carbocycles. The van der Waals surface area contributed by atoms with E-state index in [0.717, 1.165) is 50.2 Å². The summed E-state index contributed by atoms with van der Waals surface area (Å²) in [6.45, 7) is 0. The minimum atomic E-state index is 0.714. The van der Waals surface area contributed by atoms with E-state index in [1.165, 1.54) is 0 Å². The zero-order valence-electron chi connectivity index (χ0n) is 18.5. The monoisotopic (exact) mass is 435 g/mol. The van der Waals surface area contributed by atoms with Gasteiger partial charge in [0.25, 0.3) is 0 Å². The summed E-state index contributed by atoms with van der Waals surface area (Å²) >= 11 is 0. The van der Waals surface area contributed by atoms with Crippen molar-refractivity contribution in [1.29, 1.82) is 0 Å². The van der Waals surface area contributed by atoms with Crippen LogP contribution in [0.2, 0.25) is 0 Å². The summed E-state index contributed by atoms with van der Waals surface area (Å²) in [5.74, 6) is 0.714. The van der Waals surface area contributed by atoms with E-state index in [2.05, 4.69) is 60.7 Å². The molecule has 0 atom stereocenters. The van der Waals surface area contributed by atoms with Crippen molar-refractivity contribution in [2.24, 2.45) is 0 Å². The lowest BCUT2D eigenvalue weighted by Gasteiger charge is -2.10. The molecule has 6 rings (SSSR count). The quantitative estimate of drug-likeness (QED) is 0.285. The van der Waals surface area contributed by atoms with Crippen molar-refractivity contribution in [3.05, 3.63) is 127 Å². The van der Waals surface area contributed by atoms with Crippen LogP contribution in [0.15, 0.2) is 127 Å². The van der Waals surface area contributed by atoms with Gasteiger partial charge in [0.1, 0.15) is 0 Å². The number of rotatable bonds is 4. The van der Waals surface area contributed by atoms with Crippen LogP contribution in [-0.4, -0.2) is 15.0 Å². The maximum Gasteiger partial charge on any atom is 0.160 e. The van der Waals surface area contributed by atoms with Crippen molar-refractivity contribution in [3.8, 4) is 45.2 Å². The molecule has 0 unspecified atom stereocenters. The van der Waals surface area contributed by atoms with E-state index < -0.39 is 0 Å². The molecule has 0 radical (unpaired) electrons. The van der Waals surface area contributed by atoms with Gasteiger partial charge in [0, 0.05) is 27.6 Å². The second-order valence-corrected chi connectivity index (χ2v) is 8.16. The number of benzene rings is 4. The zero-order valence-corrected chi connectivity index (χ0v) is 18.5. The molecule has 0 aliphatic rings. The van der Waals surface area contributed by atoms with E-state index in [0.29, 0.717) is 5.82 Å². The lowest BCUT2D eigenvalue weighted by atomic mass is 10.0. The van der Waals surface area contributed by atoms with Crippen LogP contribution in [0.25, 0.3) is 56.1 Å². The Balaban J connectivity index is 1.48. The third-order valence-electron chi connectivity index (χ3n) is 5.88. The Bertz CT molecular complexity index is 1530. The van der Waals surface area contributed by atoms with Gasteiger partial charge in [0.15, 0.2) is 5.82 Å². The van der Waals surface area contributed by atoms with Gasteiger partial charge in [0.05, 0.1) is 22.6 Å². The molecule has 0 spiro atoms. The van der Waals surface area contributed by atoms with Gasteiger partial charge in [0.2, 0.25) is 0 Å². The SMILES string of the molecule is c1ccc(-c2cc(-c3cccc(-c4ccc5ccccc5n4)c3)nc(-c3ccccc3)n2)cc1. The largest absolute Gasteiger partial charge is 0.248 e. The summed E-state index contributed by atoms with van der Waals surface area (Å²) in [6.07, 6.45) is 0. The van der Waals surface area contributed by atoms with Gasteiger partial charge in [-0.2, -0.15) is 0 Å². The third-order valence-corrected chi connectivity index (χ3v) is 5.88. The Morgan fingerprint density at radius 2 is 0.941 bits per heavy atom. The summed E-state index contributed by atoms with van der Waals surface area (Å²) in [5, 5.41) is 1.14. The molecular formula is C31H21N3. The lowest BCUT2D eigenvalue weighted by molar-refractivity contribution is 1.18. The molecule has 0 amide bonds. The maximum atomic E-state index is 4.95. The molecule has 3 heteroatoms. The number of pyridine rings is 1. The molecule has 4 aromatic carbocycles. The van der Waals surface area contributed by atoms with Crippen LogP contribution in [0, 0.1) is 0 Å². The van der Waals surface area contributed by atoms with E-state index in [4.69, 9.17) is 15.0 Å². The fourth-order valence-electron chi connectivity index (χ4n) is 4.13. The van der Waals surface area contributed by atoms with Crippen LogP contribution in [0.5, 0.6) is 0 Å². The number of fused-ring (bicyclic) bond motifs is 1. The van der Waals surface area contributed by atoms with Crippen molar-refractivity contribution in [3.63, 3.8) is 0 Å². The topological polar surface area (TPSA) is 38.7 Å². The molecule has 160 valence electrons. The van der Waals surface area contributed by atoms with Crippen LogP contribution < -0.4 is 0 Å². The molecule has 2 heterocycles. The minimum absolute atomic E-state index is 0.714. The minimum Gasteiger partial charge on any atom is -0.248 e. The van der Waals surface area contributed by atoms with Gasteiger partial charge in [-0.15, -0.1) is 0 Å². The van der Waals surface area contributed by atoms with Gasteiger partial charge >= 0.3 is 0 Å². The fourth-order valence-corrected chi connectivity index (χ4v) is 4.13. The molecule has 0 saturated carbocycles. The van der Waals surface area contributed by atoms with E-state index in [-0.39, 0.29) is 0 Å². The predicted molar refractivity (Wildman–Crippen MR) is 139 cm³/mol. The van der Waals surface area contributed by atoms with Crippen LogP contribution in [0.4, 0.5) is 0 Å². The van der Waals surface area contributed by atoms with Crippen molar-refractivity contribution in [2.45, 2.75) is 0 Å². The van der Waals surface area contributed by atoms with E-state index >= 15 is 0 Å². The van der Waals surface area contributed by atoms with Crippen molar-refractivity contribution in [2.75, 3.05) is 0 Å². The Morgan fingerprint density at radius 1 is 0.353 bits per heavy atom. The Hall–Kier alpha value is -4.63. The molecule has 0 fully saturated rings. The van der Waals surface area contributed by atoms with E-state index in [9.17, 15) is 0 Å². The Morgan fingerprint density at radius 3 is 1.71 bits per heavy atom. The lowest BCUT2D eigenvalue weighted by Crippen LogP contribution is -1.96. The van der Waals surface area contributed by atoms with Crippen LogP contribution in [0.3, 0.4) is 0 Å². The van der Waals surface area contributed by atoms with Crippen molar-refractivity contribution < 1.29 is 0 Å². The van der Waals surface area contributed by atoms with Crippen LogP contribution >= 0.6 is 0 Å². The molecule has 0 aliphatic heterocycles. The first-order chi connectivity index (χ1) is 16.8. The van der Waals surface area contributed by atoms with Gasteiger partial charge in [-0.25, -0.2) is 15.0 Å². The number of hydrogen-bond acceptors (Lipinski definition) is 3. The highest BCUT2D eigenvalue weighted by Gasteiger charge is 2.11. The first-order valence-corrected chi connectivity index (χ1v) is 11.3. The van der Waals surface area contributed by atoms with Gasteiger partial charge < -0.3 is 0 Å². The molecule has 0 saturated heterocycles. The van der Waals surface area contributed by atoms with E-state index in [1.54, 1.807) is 0 Å². The summed E-state index contributed by atoms with van der Waals surface area (Å²) in [7, 11) is 0. The molecule has 2 aromatic heterocycles. The second kappa shape index (κ2) is 8.72. The standard InChI is InChI=1S/C31H21N3/c1-3-10-22(11-4-1)29-21-30(34-31(33-29)24-13-5-2-6-14-24)26-16-9-15-25(20-26)28-19-18-23-12-7-8-17-27(23)32-28/h1-21H. The van der Waals surface area contributed by atoms with Crippen molar-refractivity contribution >= 4 is 10.9 Å². The van der Waals surface area contributed by atoms with Crippen LogP contribution in [-0.2, 0) is 0 Å². The second-order valence-electron chi connectivity index (χ2n) is 8.16. The summed E-state index contributed by atoms with van der Waals surface area (Å²) in [5.41, 5.74) is 7.87. The maximum absolute atomic E-state index is 4.95. The number of para-hydroxylation sites is 1. The average Bonchev–Trinajstić information content (AvgIpc) is 2.93. The highest BCUT2D eigenvalue weighted by atomic mass is 14.9. The molecular weight excluding hydrogens is 414 g/mol. The smallest absolute Gasteiger partial charge is 0.160 e. The fraction of sp³-hybridized carbons (Fsp3) is 0. The zero-order chi connectivity index (χ0) is 22.7. The van der Waals surface area contributed by atoms with Gasteiger partial charge in [-0.1, -0.05) is 103 Å². The van der Waals surface area contributed by atoms with Crippen molar-refractivity contribution in [1.82, 2.24) is 15.0 Å². The first-order valence-electron chi connectivity index (χ1n) is 11.3. The molecule has 3 nitrogen and oxygen atoms in total. The molecule has 0 N–H and O–H groups in total. The number of nitrogens with zero attached hydrogens (tertiary/aromatic N) is 3.